The molecule has 0 radical (unpaired) electrons. The molecule has 3 rings (SSSR count). The standard InChI is InChI=1S/C17H22O6.C14H18O7/c1-2-21-14-6-3-12(4-7-14)5-8-16(20)23-17-10-13(19)9-15(11-18)22-17;1-19-11-5-9(6-12(20-2)14(11)18)3-4-13(17)21-8-10(16)7-15/h3-8,13,15,17-19H,2,9-11H2,1H3;3-6,10,15-16,18H,7-8H2,1-2H3/b8-5+;4-3+. The van der Waals surface area contributed by atoms with Crippen molar-refractivity contribution in [2.24, 2.45) is 0 Å². The number of carbonyl (C=O) groups excluding carboxylic acids is 2. The molecule has 13 nitrogen and oxygen atoms in total. The Kier molecular flexibility index (Phi) is 15.7. The number of aliphatic hydroxyl groups is 4. The monoisotopic (exact) mass is 620 g/mol. The zero-order valence-electron chi connectivity index (χ0n) is 24.8. The van der Waals surface area contributed by atoms with Crippen LogP contribution in [0.4, 0.5) is 0 Å². The van der Waals surface area contributed by atoms with Crippen LogP contribution in [-0.4, -0.2) is 103 Å². The van der Waals surface area contributed by atoms with Gasteiger partial charge in [-0.25, -0.2) is 9.59 Å². The third kappa shape index (κ3) is 12.6. The summed E-state index contributed by atoms with van der Waals surface area (Å²) in [5.74, 6) is -0.183. The zero-order valence-corrected chi connectivity index (χ0v) is 24.8. The topological polar surface area (TPSA) is 191 Å². The molecule has 5 N–H and O–H groups in total. The summed E-state index contributed by atoms with van der Waals surface area (Å²) in [6.07, 6.45) is 2.97. The van der Waals surface area contributed by atoms with Crippen LogP contribution in [0.2, 0.25) is 0 Å². The van der Waals surface area contributed by atoms with Gasteiger partial charge >= 0.3 is 11.9 Å². The Bertz CT molecular complexity index is 1200. The summed E-state index contributed by atoms with van der Waals surface area (Å²) in [4.78, 5) is 23.2. The Morgan fingerprint density at radius 3 is 2.16 bits per heavy atom. The molecule has 1 fully saturated rings. The van der Waals surface area contributed by atoms with Gasteiger partial charge in [-0.3, -0.25) is 0 Å². The van der Waals surface area contributed by atoms with E-state index in [0.29, 0.717) is 18.6 Å². The summed E-state index contributed by atoms with van der Waals surface area (Å²) in [6, 6.07) is 10.3. The first-order valence-electron chi connectivity index (χ1n) is 13.8. The maximum atomic E-state index is 11.8. The van der Waals surface area contributed by atoms with Gasteiger partial charge in [-0.15, -0.1) is 0 Å². The fourth-order valence-electron chi connectivity index (χ4n) is 3.77. The lowest BCUT2D eigenvalue weighted by molar-refractivity contribution is -0.217. The molecular weight excluding hydrogens is 580 g/mol. The number of rotatable bonds is 13. The molecular formula is C31H40O13. The number of aromatic hydroxyl groups is 1. The Morgan fingerprint density at radius 1 is 0.977 bits per heavy atom. The molecule has 1 heterocycles. The Morgan fingerprint density at radius 2 is 1.59 bits per heavy atom. The minimum Gasteiger partial charge on any atom is -0.502 e. The predicted molar refractivity (Wildman–Crippen MR) is 158 cm³/mol. The first kappa shape index (κ1) is 36.1. The van der Waals surface area contributed by atoms with Crippen molar-refractivity contribution < 1.29 is 63.5 Å². The van der Waals surface area contributed by atoms with Gasteiger partial charge in [-0.1, -0.05) is 12.1 Å². The van der Waals surface area contributed by atoms with Crippen molar-refractivity contribution in [3.63, 3.8) is 0 Å². The van der Waals surface area contributed by atoms with E-state index in [4.69, 9.17) is 43.7 Å². The van der Waals surface area contributed by atoms with Crippen molar-refractivity contribution in [1.82, 2.24) is 0 Å². The van der Waals surface area contributed by atoms with Crippen LogP contribution in [0.15, 0.2) is 48.6 Å². The number of phenols is 1. The Labute approximate surface area is 255 Å². The number of aliphatic hydroxyl groups excluding tert-OH is 4. The second-order valence-corrected chi connectivity index (χ2v) is 9.34. The van der Waals surface area contributed by atoms with Gasteiger partial charge in [0.1, 0.15) is 18.5 Å². The van der Waals surface area contributed by atoms with E-state index in [9.17, 15) is 19.8 Å². The van der Waals surface area contributed by atoms with Gasteiger partial charge in [0, 0.05) is 25.0 Å². The minimum absolute atomic E-state index is 0.134. The van der Waals surface area contributed by atoms with Crippen molar-refractivity contribution >= 4 is 24.1 Å². The van der Waals surface area contributed by atoms with E-state index < -0.39 is 43.1 Å². The Balaban J connectivity index is 0.000000308. The van der Waals surface area contributed by atoms with Crippen molar-refractivity contribution in [3.8, 4) is 23.0 Å². The maximum absolute atomic E-state index is 11.8. The maximum Gasteiger partial charge on any atom is 0.333 e. The van der Waals surface area contributed by atoms with E-state index in [-0.39, 0.29) is 36.9 Å². The molecule has 0 spiro atoms. The molecule has 2 aromatic carbocycles. The summed E-state index contributed by atoms with van der Waals surface area (Å²) >= 11 is 0. The SMILES string of the molecule is CCOc1ccc(/C=C/C(=O)OC2CC(O)CC(CO)O2)cc1.COc1cc(/C=C/C(=O)OCC(O)CO)cc(OC)c1O. The number of hydrogen-bond donors (Lipinski definition) is 5. The highest BCUT2D eigenvalue weighted by Gasteiger charge is 2.30. The zero-order chi connectivity index (χ0) is 32.5. The minimum atomic E-state index is -1.10. The van der Waals surface area contributed by atoms with E-state index in [1.54, 1.807) is 6.08 Å². The molecule has 0 aliphatic carbocycles. The summed E-state index contributed by atoms with van der Waals surface area (Å²) < 4.78 is 30.5. The van der Waals surface area contributed by atoms with Gasteiger partial charge in [0.25, 0.3) is 0 Å². The molecule has 4 unspecified atom stereocenters. The number of hydrogen-bond acceptors (Lipinski definition) is 13. The molecule has 2 aromatic rings. The van der Waals surface area contributed by atoms with Crippen LogP contribution < -0.4 is 14.2 Å². The van der Waals surface area contributed by atoms with E-state index in [1.807, 2.05) is 31.2 Å². The van der Waals surface area contributed by atoms with Gasteiger partial charge in [-0.05, 0) is 54.5 Å². The van der Waals surface area contributed by atoms with Gasteiger partial charge in [0.15, 0.2) is 11.5 Å². The molecule has 44 heavy (non-hydrogen) atoms. The second-order valence-electron chi connectivity index (χ2n) is 9.34. The third-order valence-corrected chi connectivity index (χ3v) is 5.94. The molecule has 0 saturated carbocycles. The van der Waals surface area contributed by atoms with Gasteiger partial charge in [0.05, 0.1) is 46.2 Å². The molecule has 4 atom stereocenters. The number of carbonyl (C=O) groups is 2. The molecule has 0 aromatic heterocycles. The summed E-state index contributed by atoms with van der Waals surface area (Å²) in [7, 11) is 2.79. The van der Waals surface area contributed by atoms with Crippen LogP contribution in [0, 0.1) is 0 Å². The van der Waals surface area contributed by atoms with Crippen LogP contribution in [-0.2, 0) is 23.8 Å². The van der Waals surface area contributed by atoms with Gasteiger partial charge < -0.3 is 54.0 Å². The fraction of sp³-hybridized carbons (Fsp3) is 0.419. The van der Waals surface area contributed by atoms with E-state index in [0.717, 1.165) is 17.4 Å². The first-order chi connectivity index (χ1) is 21.1. The van der Waals surface area contributed by atoms with Crippen LogP contribution in [0.25, 0.3) is 12.2 Å². The van der Waals surface area contributed by atoms with Crippen molar-refractivity contribution in [1.29, 1.82) is 0 Å². The van der Waals surface area contributed by atoms with Crippen LogP contribution in [0.5, 0.6) is 23.0 Å². The van der Waals surface area contributed by atoms with E-state index >= 15 is 0 Å². The number of benzene rings is 2. The lowest BCUT2D eigenvalue weighted by Gasteiger charge is -2.31. The highest BCUT2D eigenvalue weighted by molar-refractivity contribution is 5.87. The average Bonchev–Trinajstić information content (AvgIpc) is 3.02. The van der Waals surface area contributed by atoms with Crippen molar-refractivity contribution in [2.75, 3.05) is 40.6 Å². The summed E-state index contributed by atoms with van der Waals surface area (Å²) in [5.41, 5.74) is 1.39. The second kappa shape index (κ2) is 19.2. The first-order valence-corrected chi connectivity index (χ1v) is 13.8. The largest absolute Gasteiger partial charge is 0.502 e. The van der Waals surface area contributed by atoms with Crippen molar-refractivity contribution in [3.05, 3.63) is 59.7 Å². The van der Waals surface area contributed by atoms with Gasteiger partial charge in [-0.2, -0.15) is 0 Å². The number of esters is 2. The number of ether oxygens (including phenoxy) is 6. The van der Waals surface area contributed by atoms with Crippen LogP contribution >= 0.6 is 0 Å². The van der Waals surface area contributed by atoms with Gasteiger partial charge in [0.2, 0.25) is 12.0 Å². The predicted octanol–water partition coefficient (Wildman–Crippen LogP) is 1.82. The average molecular weight is 621 g/mol. The van der Waals surface area contributed by atoms with Crippen molar-refractivity contribution in [2.45, 2.75) is 44.4 Å². The highest BCUT2D eigenvalue weighted by Crippen LogP contribution is 2.37. The molecule has 1 aliphatic rings. The molecule has 1 saturated heterocycles. The fourth-order valence-corrected chi connectivity index (χ4v) is 3.77. The van der Waals surface area contributed by atoms with E-state index in [2.05, 4.69) is 0 Å². The highest BCUT2D eigenvalue weighted by atomic mass is 16.7. The number of phenolic OH excluding ortho intramolecular Hbond substituents is 1. The lowest BCUT2D eigenvalue weighted by atomic mass is 10.1. The van der Waals surface area contributed by atoms with Crippen LogP contribution in [0.1, 0.15) is 30.9 Å². The lowest BCUT2D eigenvalue weighted by Crippen LogP contribution is -2.39. The smallest absolute Gasteiger partial charge is 0.333 e. The normalized spacial score (nSPS) is 18.7. The molecule has 242 valence electrons. The molecule has 0 bridgehead atoms. The molecule has 13 heteroatoms. The molecule has 1 aliphatic heterocycles. The molecule has 0 amide bonds. The number of methoxy groups -OCH3 is 2. The summed E-state index contributed by atoms with van der Waals surface area (Å²) in [6.45, 7) is 1.53. The van der Waals surface area contributed by atoms with E-state index in [1.165, 1.54) is 38.5 Å². The Hall–Kier alpha value is -4.14. The third-order valence-electron chi connectivity index (χ3n) is 5.94. The summed E-state index contributed by atoms with van der Waals surface area (Å²) in [5, 5.41) is 46.1. The van der Waals surface area contributed by atoms with Crippen LogP contribution in [0.3, 0.4) is 0 Å². The quantitative estimate of drug-likeness (QED) is 0.161.